The van der Waals surface area contributed by atoms with Crippen LogP contribution in [0.4, 0.5) is 0 Å². The van der Waals surface area contributed by atoms with Crippen molar-refractivity contribution in [1.29, 1.82) is 0 Å². The Morgan fingerprint density at radius 3 is 1.79 bits per heavy atom. The van der Waals surface area contributed by atoms with E-state index in [1.54, 1.807) is 0 Å². The third kappa shape index (κ3) is 8.08. The summed E-state index contributed by atoms with van der Waals surface area (Å²) in [4.78, 5) is 0. The van der Waals surface area contributed by atoms with Crippen molar-refractivity contribution in [2.75, 3.05) is 13.2 Å². The van der Waals surface area contributed by atoms with Crippen molar-refractivity contribution in [3.63, 3.8) is 0 Å². The average molecular weight is 377 g/mol. The fourth-order valence-electron chi connectivity index (χ4n) is 3.09. The van der Waals surface area contributed by atoms with Crippen LogP contribution < -0.4 is 0 Å². The predicted molar refractivity (Wildman–Crippen MR) is 118 cm³/mol. The SMILES string of the molecule is C=CCC(C/C=C/C=C\C)(COCc1ccccc1)COCc1ccccc1. The fourth-order valence-corrected chi connectivity index (χ4v) is 3.09. The van der Waals surface area contributed by atoms with Gasteiger partial charge in [0, 0.05) is 5.41 Å². The summed E-state index contributed by atoms with van der Waals surface area (Å²) >= 11 is 0. The van der Waals surface area contributed by atoms with Crippen molar-refractivity contribution < 1.29 is 9.47 Å². The molecule has 0 spiro atoms. The molecule has 2 aromatic carbocycles. The lowest BCUT2D eigenvalue weighted by Gasteiger charge is -2.31. The maximum Gasteiger partial charge on any atom is 0.0717 e. The minimum absolute atomic E-state index is 0.122. The molecule has 28 heavy (non-hydrogen) atoms. The van der Waals surface area contributed by atoms with Crippen molar-refractivity contribution in [3.05, 3.63) is 109 Å². The summed E-state index contributed by atoms with van der Waals surface area (Å²) in [5, 5.41) is 0. The quantitative estimate of drug-likeness (QED) is 0.293. The molecule has 0 aliphatic rings. The lowest BCUT2D eigenvalue weighted by molar-refractivity contribution is -0.0304. The van der Waals surface area contributed by atoms with E-state index in [9.17, 15) is 0 Å². The number of benzene rings is 2. The Hall–Kier alpha value is -2.42. The number of allylic oxidation sites excluding steroid dienone is 5. The van der Waals surface area contributed by atoms with Gasteiger partial charge < -0.3 is 9.47 Å². The summed E-state index contributed by atoms with van der Waals surface area (Å²) in [6.07, 6.45) is 12.1. The second-order valence-corrected chi connectivity index (χ2v) is 7.11. The van der Waals surface area contributed by atoms with Gasteiger partial charge in [-0.25, -0.2) is 0 Å². The molecule has 0 heterocycles. The highest BCUT2D eigenvalue weighted by Gasteiger charge is 2.28. The molecule has 2 rings (SSSR count). The van der Waals surface area contributed by atoms with E-state index in [1.165, 1.54) is 11.1 Å². The molecule has 0 unspecified atom stereocenters. The molecule has 0 fully saturated rings. The standard InChI is InChI=1S/C26H32O2/c1-3-5-6-13-19-26(18-4-2,22-27-20-24-14-9-7-10-15-24)23-28-21-25-16-11-8-12-17-25/h3-17H,2,18-23H2,1H3/b5-3-,13-6+. The number of rotatable bonds is 13. The van der Waals surface area contributed by atoms with Crippen LogP contribution in [-0.2, 0) is 22.7 Å². The third-order valence-electron chi connectivity index (χ3n) is 4.61. The molecule has 2 nitrogen and oxygen atoms in total. The van der Waals surface area contributed by atoms with Crippen LogP contribution in [0, 0.1) is 5.41 Å². The Kier molecular flexibility index (Phi) is 10.1. The Bertz CT molecular complexity index is 671. The largest absolute Gasteiger partial charge is 0.376 e. The maximum atomic E-state index is 6.12. The summed E-state index contributed by atoms with van der Waals surface area (Å²) in [5.41, 5.74) is 2.25. The van der Waals surface area contributed by atoms with Crippen molar-refractivity contribution in [2.45, 2.75) is 33.0 Å². The Morgan fingerprint density at radius 1 is 0.786 bits per heavy atom. The Morgan fingerprint density at radius 2 is 1.32 bits per heavy atom. The van der Waals surface area contributed by atoms with Crippen LogP contribution in [0.1, 0.15) is 30.9 Å². The molecule has 0 aliphatic heterocycles. The zero-order valence-corrected chi connectivity index (χ0v) is 16.9. The van der Waals surface area contributed by atoms with Gasteiger partial charge in [-0.15, -0.1) is 6.58 Å². The molecular formula is C26H32O2. The lowest BCUT2D eigenvalue weighted by atomic mass is 9.82. The van der Waals surface area contributed by atoms with Gasteiger partial charge in [0.2, 0.25) is 0 Å². The highest BCUT2D eigenvalue weighted by molar-refractivity contribution is 5.14. The first kappa shape index (κ1) is 21.9. The summed E-state index contributed by atoms with van der Waals surface area (Å²) in [5.74, 6) is 0. The van der Waals surface area contributed by atoms with Crippen molar-refractivity contribution in [2.24, 2.45) is 5.41 Å². The third-order valence-corrected chi connectivity index (χ3v) is 4.61. The van der Waals surface area contributed by atoms with Gasteiger partial charge in [-0.2, -0.15) is 0 Å². The Labute approximate surface area is 170 Å². The Balaban J connectivity index is 2.00. The van der Waals surface area contributed by atoms with E-state index in [4.69, 9.17) is 9.47 Å². The van der Waals surface area contributed by atoms with E-state index in [0.717, 1.165) is 12.8 Å². The van der Waals surface area contributed by atoms with Gasteiger partial charge in [0.25, 0.3) is 0 Å². The second-order valence-electron chi connectivity index (χ2n) is 7.11. The van der Waals surface area contributed by atoms with Crippen LogP contribution in [0.5, 0.6) is 0 Å². The molecule has 0 amide bonds. The molecule has 2 heteroatoms. The van der Waals surface area contributed by atoms with E-state index in [-0.39, 0.29) is 5.41 Å². The van der Waals surface area contributed by atoms with Gasteiger partial charge in [0.05, 0.1) is 26.4 Å². The zero-order valence-electron chi connectivity index (χ0n) is 16.9. The summed E-state index contributed by atoms with van der Waals surface area (Å²) in [6, 6.07) is 20.6. The fraction of sp³-hybridized carbons (Fsp3) is 0.308. The molecule has 148 valence electrons. The van der Waals surface area contributed by atoms with Crippen LogP contribution in [0.3, 0.4) is 0 Å². The van der Waals surface area contributed by atoms with Gasteiger partial charge in [-0.3, -0.25) is 0 Å². The minimum atomic E-state index is -0.122. The van der Waals surface area contributed by atoms with Crippen molar-refractivity contribution in [3.8, 4) is 0 Å². The van der Waals surface area contributed by atoms with Crippen molar-refractivity contribution >= 4 is 0 Å². The van der Waals surface area contributed by atoms with Crippen molar-refractivity contribution in [1.82, 2.24) is 0 Å². The highest BCUT2D eigenvalue weighted by Crippen LogP contribution is 2.30. The maximum absolute atomic E-state index is 6.12. The highest BCUT2D eigenvalue weighted by atomic mass is 16.5. The second kappa shape index (κ2) is 12.9. The number of hydrogen-bond donors (Lipinski definition) is 0. The first-order chi connectivity index (χ1) is 13.8. The number of hydrogen-bond acceptors (Lipinski definition) is 2. The molecule has 0 atom stereocenters. The molecule has 0 aromatic heterocycles. The predicted octanol–water partition coefficient (Wildman–Crippen LogP) is 6.50. The van der Waals surface area contributed by atoms with Crippen LogP contribution in [0.2, 0.25) is 0 Å². The summed E-state index contributed by atoms with van der Waals surface area (Å²) in [7, 11) is 0. The van der Waals surface area contributed by atoms with Gasteiger partial charge in [-0.05, 0) is 30.9 Å². The number of ether oxygens (including phenoxy) is 2. The molecule has 0 bridgehead atoms. The molecule has 0 radical (unpaired) electrons. The van der Waals surface area contributed by atoms with Gasteiger partial charge in [0.15, 0.2) is 0 Å². The average Bonchev–Trinajstić information content (AvgIpc) is 2.73. The van der Waals surface area contributed by atoms with Gasteiger partial charge in [-0.1, -0.05) is 91.0 Å². The molecule has 0 N–H and O–H groups in total. The van der Waals surface area contributed by atoms with E-state index in [1.807, 2.05) is 61.5 Å². The molecule has 0 aliphatic carbocycles. The van der Waals surface area contributed by atoms with E-state index in [0.29, 0.717) is 26.4 Å². The molecule has 2 aromatic rings. The van der Waals surface area contributed by atoms with Gasteiger partial charge >= 0.3 is 0 Å². The van der Waals surface area contributed by atoms with Gasteiger partial charge in [0.1, 0.15) is 0 Å². The normalized spacial score (nSPS) is 12.0. The zero-order chi connectivity index (χ0) is 19.9. The molecule has 0 saturated carbocycles. The van der Waals surface area contributed by atoms with E-state index < -0.39 is 0 Å². The smallest absolute Gasteiger partial charge is 0.0717 e. The van der Waals surface area contributed by atoms with Crippen LogP contribution in [-0.4, -0.2) is 13.2 Å². The van der Waals surface area contributed by atoms with E-state index in [2.05, 4.69) is 43.0 Å². The topological polar surface area (TPSA) is 18.5 Å². The van der Waals surface area contributed by atoms with Crippen LogP contribution >= 0.6 is 0 Å². The summed E-state index contributed by atoms with van der Waals surface area (Å²) < 4.78 is 12.2. The van der Waals surface area contributed by atoms with Crippen LogP contribution in [0.25, 0.3) is 0 Å². The first-order valence-corrected chi connectivity index (χ1v) is 9.90. The monoisotopic (exact) mass is 376 g/mol. The molecular weight excluding hydrogens is 344 g/mol. The van der Waals surface area contributed by atoms with Crippen LogP contribution in [0.15, 0.2) is 97.6 Å². The first-order valence-electron chi connectivity index (χ1n) is 9.90. The lowest BCUT2D eigenvalue weighted by Crippen LogP contribution is -2.31. The molecule has 0 saturated heterocycles. The summed E-state index contributed by atoms with van der Waals surface area (Å²) in [6.45, 7) is 8.47. The van der Waals surface area contributed by atoms with E-state index >= 15 is 0 Å². The minimum Gasteiger partial charge on any atom is -0.376 e.